The van der Waals surface area contributed by atoms with E-state index in [1.807, 2.05) is 24.3 Å². The Morgan fingerprint density at radius 2 is 1.74 bits per heavy atom. The van der Waals surface area contributed by atoms with Crippen molar-refractivity contribution in [1.82, 2.24) is 10.6 Å². The van der Waals surface area contributed by atoms with Crippen LogP contribution < -0.4 is 15.4 Å². The number of amides is 2. The molecule has 6 heteroatoms. The van der Waals surface area contributed by atoms with Gasteiger partial charge in [0.15, 0.2) is 6.10 Å². The molecular weight excluding hydrogens is 296 g/mol. The number of carbonyl (C=O) groups is 2. The lowest BCUT2D eigenvalue weighted by atomic mass is 10.0. The normalized spacial score (nSPS) is 11.9. The zero-order chi connectivity index (χ0) is 17.2. The van der Waals surface area contributed by atoms with Gasteiger partial charge in [-0.15, -0.1) is 0 Å². The van der Waals surface area contributed by atoms with Crippen molar-refractivity contribution in [2.24, 2.45) is 0 Å². The predicted molar refractivity (Wildman–Crippen MR) is 88.5 cm³/mol. The summed E-state index contributed by atoms with van der Waals surface area (Å²) in [6.07, 6.45) is -0.607. The Morgan fingerprint density at radius 1 is 1.09 bits per heavy atom. The lowest BCUT2D eigenvalue weighted by Gasteiger charge is -2.18. The number of nitrogens with one attached hydrogen (secondary N) is 2. The molecule has 1 aromatic rings. The monoisotopic (exact) mass is 322 g/mol. The maximum absolute atomic E-state index is 12.0. The second-order valence-electron chi connectivity index (χ2n) is 5.53. The first-order valence-electron chi connectivity index (χ1n) is 7.74. The highest BCUT2D eigenvalue weighted by atomic mass is 16.5. The number of benzene rings is 1. The van der Waals surface area contributed by atoms with Gasteiger partial charge in [-0.2, -0.15) is 0 Å². The molecule has 0 spiro atoms. The SMILES string of the molecule is COCC(=O)NCCNC(=O)C(C)Oc1ccccc1C(C)C. The van der Waals surface area contributed by atoms with E-state index >= 15 is 0 Å². The summed E-state index contributed by atoms with van der Waals surface area (Å²) in [7, 11) is 1.45. The van der Waals surface area contributed by atoms with Gasteiger partial charge in [-0.3, -0.25) is 9.59 Å². The van der Waals surface area contributed by atoms with Crippen LogP contribution in [-0.4, -0.2) is 44.7 Å². The topological polar surface area (TPSA) is 76.7 Å². The van der Waals surface area contributed by atoms with Gasteiger partial charge >= 0.3 is 0 Å². The van der Waals surface area contributed by atoms with E-state index in [0.717, 1.165) is 11.3 Å². The Bertz CT molecular complexity index is 517. The lowest BCUT2D eigenvalue weighted by molar-refractivity contribution is -0.128. The van der Waals surface area contributed by atoms with E-state index < -0.39 is 6.10 Å². The van der Waals surface area contributed by atoms with E-state index in [9.17, 15) is 9.59 Å². The summed E-state index contributed by atoms with van der Waals surface area (Å²) < 4.78 is 10.5. The average molecular weight is 322 g/mol. The Balaban J connectivity index is 2.41. The molecule has 1 unspecified atom stereocenters. The Hall–Kier alpha value is -2.08. The summed E-state index contributed by atoms with van der Waals surface area (Å²) in [6, 6.07) is 7.70. The van der Waals surface area contributed by atoms with E-state index in [2.05, 4.69) is 24.5 Å². The predicted octanol–water partition coefficient (Wildman–Crippen LogP) is 1.46. The molecule has 0 aromatic heterocycles. The summed E-state index contributed by atoms with van der Waals surface area (Å²) >= 11 is 0. The molecular formula is C17H26N2O4. The minimum absolute atomic E-state index is 0.0133. The quantitative estimate of drug-likeness (QED) is 0.675. The van der Waals surface area contributed by atoms with Crippen LogP contribution in [0.5, 0.6) is 5.75 Å². The molecule has 0 aliphatic heterocycles. The van der Waals surface area contributed by atoms with Gasteiger partial charge in [0, 0.05) is 20.2 Å². The molecule has 0 aliphatic rings. The van der Waals surface area contributed by atoms with Crippen molar-refractivity contribution in [3.8, 4) is 5.75 Å². The van der Waals surface area contributed by atoms with Crippen LogP contribution in [0.15, 0.2) is 24.3 Å². The number of rotatable bonds is 9. The minimum Gasteiger partial charge on any atom is -0.481 e. The molecule has 2 amide bonds. The molecule has 6 nitrogen and oxygen atoms in total. The van der Waals surface area contributed by atoms with Crippen LogP contribution >= 0.6 is 0 Å². The van der Waals surface area contributed by atoms with E-state index in [0.29, 0.717) is 19.0 Å². The summed E-state index contributed by atoms with van der Waals surface area (Å²) in [5.41, 5.74) is 1.07. The lowest BCUT2D eigenvalue weighted by Crippen LogP contribution is -2.41. The van der Waals surface area contributed by atoms with Crippen LogP contribution in [0.1, 0.15) is 32.3 Å². The molecule has 0 aliphatic carbocycles. The molecule has 0 fully saturated rings. The third-order valence-corrected chi connectivity index (χ3v) is 3.24. The van der Waals surface area contributed by atoms with Gasteiger partial charge < -0.3 is 20.1 Å². The van der Waals surface area contributed by atoms with Crippen molar-refractivity contribution in [3.05, 3.63) is 29.8 Å². The molecule has 0 bridgehead atoms. The molecule has 1 aromatic carbocycles. The molecule has 2 N–H and O–H groups in total. The molecule has 23 heavy (non-hydrogen) atoms. The van der Waals surface area contributed by atoms with E-state index in [4.69, 9.17) is 9.47 Å². The number of para-hydroxylation sites is 1. The third-order valence-electron chi connectivity index (χ3n) is 3.24. The highest BCUT2D eigenvalue weighted by Crippen LogP contribution is 2.26. The van der Waals surface area contributed by atoms with Gasteiger partial charge in [0.25, 0.3) is 5.91 Å². The minimum atomic E-state index is -0.607. The van der Waals surface area contributed by atoms with Gasteiger partial charge in [0.2, 0.25) is 5.91 Å². The molecule has 1 atom stereocenters. The highest BCUT2D eigenvalue weighted by Gasteiger charge is 2.16. The second-order valence-corrected chi connectivity index (χ2v) is 5.53. The van der Waals surface area contributed by atoms with Gasteiger partial charge in [-0.05, 0) is 24.5 Å². The molecule has 0 saturated carbocycles. The van der Waals surface area contributed by atoms with Crippen molar-refractivity contribution < 1.29 is 19.1 Å². The van der Waals surface area contributed by atoms with Gasteiger partial charge in [-0.25, -0.2) is 0 Å². The fourth-order valence-electron chi connectivity index (χ4n) is 2.02. The maximum Gasteiger partial charge on any atom is 0.260 e. The van der Waals surface area contributed by atoms with Crippen LogP contribution in [0.4, 0.5) is 0 Å². The van der Waals surface area contributed by atoms with Crippen molar-refractivity contribution in [1.29, 1.82) is 0 Å². The molecule has 0 radical (unpaired) electrons. The van der Waals surface area contributed by atoms with E-state index in [1.165, 1.54) is 7.11 Å². The average Bonchev–Trinajstić information content (AvgIpc) is 2.51. The first kappa shape index (κ1) is 19.0. The summed E-state index contributed by atoms with van der Waals surface area (Å²) in [5.74, 6) is 0.609. The number of methoxy groups -OCH3 is 1. The summed E-state index contributed by atoms with van der Waals surface area (Å²) in [5, 5.41) is 5.36. The van der Waals surface area contributed by atoms with Crippen LogP contribution in [-0.2, 0) is 14.3 Å². The first-order valence-corrected chi connectivity index (χ1v) is 7.74. The maximum atomic E-state index is 12.0. The number of ether oxygens (including phenoxy) is 2. The van der Waals surface area contributed by atoms with Crippen LogP contribution in [0.2, 0.25) is 0 Å². The van der Waals surface area contributed by atoms with Gasteiger partial charge in [-0.1, -0.05) is 32.0 Å². The number of hydrogen-bond donors (Lipinski definition) is 2. The zero-order valence-electron chi connectivity index (χ0n) is 14.2. The zero-order valence-corrected chi connectivity index (χ0v) is 14.2. The van der Waals surface area contributed by atoms with Crippen molar-refractivity contribution >= 4 is 11.8 Å². The van der Waals surface area contributed by atoms with Crippen molar-refractivity contribution in [2.75, 3.05) is 26.8 Å². The van der Waals surface area contributed by atoms with Crippen molar-refractivity contribution in [2.45, 2.75) is 32.8 Å². The van der Waals surface area contributed by atoms with Crippen LogP contribution in [0, 0.1) is 0 Å². The van der Waals surface area contributed by atoms with Crippen LogP contribution in [0.25, 0.3) is 0 Å². The molecule has 1 rings (SSSR count). The molecule has 128 valence electrons. The van der Waals surface area contributed by atoms with Crippen LogP contribution in [0.3, 0.4) is 0 Å². The second kappa shape index (κ2) is 9.84. The Kier molecular flexibility index (Phi) is 8.11. The standard InChI is InChI=1S/C17H26N2O4/c1-12(2)14-7-5-6-8-15(14)23-13(3)17(21)19-10-9-18-16(20)11-22-4/h5-8,12-13H,9-11H2,1-4H3,(H,18,20)(H,19,21). The smallest absolute Gasteiger partial charge is 0.260 e. The fourth-order valence-corrected chi connectivity index (χ4v) is 2.02. The largest absolute Gasteiger partial charge is 0.481 e. The first-order chi connectivity index (χ1) is 11.0. The van der Waals surface area contributed by atoms with E-state index in [1.54, 1.807) is 6.92 Å². The Labute approximate surface area is 137 Å². The number of hydrogen-bond acceptors (Lipinski definition) is 4. The summed E-state index contributed by atoms with van der Waals surface area (Å²) in [4.78, 5) is 23.2. The van der Waals surface area contributed by atoms with E-state index in [-0.39, 0.29) is 18.4 Å². The molecule has 0 saturated heterocycles. The third kappa shape index (κ3) is 6.69. The summed E-state index contributed by atoms with van der Waals surface area (Å²) in [6.45, 7) is 6.57. The highest BCUT2D eigenvalue weighted by molar-refractivity contribution is 5.81. The van der Waals surface area contributed by atoms with Gasteiger partial charge in [0.05, 0.1) is 0 Å². The van der Waals surface area contributed by atoms with Crippen molar-refractivity contribution in [3.63, 3.8) is 0 Å². The fraction of sp³-hybridized carbons (Fsp3) is 0.529. The number of carbonyl (C=O) groups excluding carboxylic acids is 2. The van der Waals surface area contributed by atoms with Gasteiger partial charge in [0.1, 0.15) is 12.4 Å². The molecule has 0 heterocycles. The Morgan fingerprint density at radius 3 is 2.39 bits per heavy atom.